The normalized spacial score (nSPS) is 24.0. The molecule has 0 unspecified atom stereocenters. The first-order valence-electron chi connectivity index (χ1n) is 6.98. The summed E-state index contributed by atoms with van der Waals surface area (Å²) in [4.78, 5) is 0. The average molecular weight is 284 g/mol. The van der Waals surface area contributed by atoms with Crippen LogP contribution in [0.5, 0.6) is 5.75 Å². The van der Waals surface area contributed by atoms with E-state index in [1.807, 2.05) is 30.3 Å². The summed E-state index contributed by atoms with van der Waals surface area (Å²) in [5.41, 5.74) is 1.27. The zero-order valence-corrected chi connectivity index (χ0v) is 11.8. The van der Waals surface area contributed by atoms with Crippen LogP contribution in [-0.4, -0.2) is 21.9 Å². The van der Waals surface area contributed by atoms with Gasteiger partial charge in [0.1, 0.15) is 34.7 Å². The number of hydrogen-bond acceptors (Lipinski definition) is 4. The van der Waals surface area contributed by atoms with Crippen LogP contribution in [0.4, 0.5) is 0 Å². The lowest BCUT2D eigenvalue weighted by atomic mass is 9.88. The Kier molecular flexibility index (Phi) is 2.41. The number of rotatable bonds is 0. The standard InChI is InChI=1S/C17H16O4/c1-17(2)16(19)15(18)11-7-10-9-5-3-4-6-12(9)20-13(10)8-14(11)21-17/h3-8,15-16,18-19H,1-2H3/t15-,16-/m0/s1. The van der Waals surface area contributed by atoms with Gasteiger partial charge in [0.05, 0.1) is 0 Å². The van der Waals surface area contributed by atoms with Gasteiger partial charge in [0.2, 0.25) is 0 Å². The summed E-state index contributed by atoms with van der Waals surface area (Å²) >= 11 is 0. The minimum atomic E-state index is -0.972. The molecule has 21 heavy (non-hydrogen) atoms. The highest BCUT2D eigenvalue weighted by molar-refractivity contribution is 6.05. The zero-order chi connectivity index (χ0) is 14.8. The molecule has 4 nitrogen and oxygen atoms in total. The summed E-state index contributed by atoms with van der Waals surface area (Å²) in [5.74, 6) is 0.560. The topological polar surface area (TPSA) is 62.8 Å². The first-order chi connectivity index (χ1) is 9.97. The van der Waals surface area contributed by atoms with E-state index >= 15 is 0 Å². The van der Waals surface area contributed by atoms with E-state index in [4.69, 9.17) is 9.15 Å². The second kappa shape index (κ2) is 4.00. The third kappa shape index (κ3) is 1.69. The van der Waals surface area contributed by atoms with E-state index in [9.17, 15) is 10.2 Å². The molecule has 2 heterocycles. The largest absolute Gasteiger partial charge is 0.485 e. The van der Waals surface area contributed by atoms with Crippen LogP contribution in [-0.2, 0) is 0 Å². The van der Waals surface area contributed by atoms with Gasteiger partial charge < -0.3 is 19.4 Å². The van der Waals surface area contributed by atoms with Crippen LogP contribution < -0.4 is 4.74 Å². The molecule has 1 aromatic heterocycles. The molecule has 3 aromatic rings. The molecule has 108 valence electrons. The van der Waals surface area contributed by atoms with Gasteiger partial charge >= 0.3 is 0 Å². The van der Waals surface area contributed by atoms with Crippen LogP contribution in [0, 0.1) is 0 Å². The quantitative estimate of drug-likeness (QED) is 0.665. The van der Waals surface area contributed by atoms with Gasteiger partial charge in [-0.25, -0.2) is 0 Å². The lowest BCUT2D eigenvalue weighted by molar-refractivity contribution is -0.111. The monoisotopic (exact) mass is 284 g/mol. The van der Waals surface area contributed by atoms with Gasteiger partial charge in [-0.05, 0) is 26.0 Å². The fraction of sp³-hybridized carbons (Fsp3) is 0.294. The highest BCUT2D eigenvalue weighted by Crippen LogP contribution is 2.43. The lowest BCUT2D eigenvalue weighted by Gasteiger charge is -2.39. The van der Waals surface area contributed by atoms with E-state index in [0.717, 1.165) is 16.4 Å². The molecule has 0 aliphatic carbocycles. The number of furan rings is 1. The molecule has 1 aliphatic rings. The molecule has 2 N–H and O–H groups in total. The van der Waals surface area contributed by atoms with Gasteiger partial charge in [0, 0.05) is 22.4 Å². The molecule has 0 amide bonds. The zero-order valence-electron chi connectivity index (χ0n) is 11.8. The van der Waals surface area contributed by atoms with E-state index in [0.29, 0.717) is 16.9 Å². The summed E-state index contributed by atoms with van der Waals surface area (Å²) in [6.07, 6.45) is -1.94. The molecule has 0 saturated carbocycles. The molecule has 0 radical (unpaired) electrons. The van der Waals surface area contributed by atoms with Gasteiger partial charge in [0.15, 0.2) is 0 Å². The van der Waals surface area contributed by atoms with Crippen LogP contribution in [0.3, 0.4) is 0 Å². The molecule has 1 aliphatic heterocycles. The smallest absolute Gasteiger partial charge is 0.139 e. The van der Waals surface area contributed by atoms with Crippen molar-refractivity contribution in [3.05, 3.63) is 42.0 Å². The van der Waals surface area contributed by atoms with Gasteiger partial charge in [-0.3, -0.25) is 0 Å². The number of aliphatic hydroxyl groups is 2. The van der Waals surface area contributed by atoms with E-state index in [-0.39, 0.29) is 0 Å². The van der Waals surface area contributed by atoms with Crippen LogP contribution in [0.25, 0.3) is 21.9 Å². The molecule has 4 rings (SSSR count). The number of ether oxygens (including phenoxy) is 1. The molecule has 0 bridgehead atoms. The fourth-order valence-corrected chi connectivity index (χ4v) is 2.98. The van der Waals surface area contributed by atoms with Crippen molar-refractivity contribution < 1.29 is 19.4 Å². The molecular weight excluding hydrogens is 268 g/mol. The molecule has 0 spiro atoms. The van der Waals surface area contributed by atoms with Crippen molar-refractivity contribution in [3.8, 4) is 5.75 Å². The Balaban J connectivity index is 2.02. The molecule has 4 heteroatoms. The van der Waals surface area contributed by atoms with Crippen molar-refractivity contribution in [2.45, 2.75) is 31.7 Å². The van der Waals surface area contributed by atoms with Crippen molar-refractivity contribution in [2.24, 2.45) is 0 Å². The summed E-state index contributed by atoms with van der Waals surface area (Å²) < 4.78 is 11.7. The van der Waals surface area contributed by atoms with Gasteiger partial charge in [0.25, 0.3) is 0 Å². The minimum absolute atomic E-state index is 0.560. The highest BCUT2D eigenvalue weighted by Gasteiger charge is 2.42. The van der Waals surface area contributed by atoms with Crippen molar-refractivity contribution in [3.63, 3.8) is 0 Å². The van der Waals surface area contributed by atoms with Crippen LogP contribution in [0.1, 0.15) is 25.5 Å². The maximum atomic E-state index is 10.4. The summed E-state index contributed by atoms with van der Waals surface area (Å²) in [7, 11) is 0. The Hall–Kier alpha value is -2.04. The first kappa shape index (κ1) is 12.7. The van der Waals surface area contributed by atoms with Crippen LogP contribution in [0.15, 0.2) is 40.8 Å². The second-order valence-corrected chi connectivity index (χ2v) is 6.08. The molecular formula is C17H16O4. The summed E-state index contributed by atoms with van der Waals surface area (Å²) in [6.45, 7) is 3.51. The van der Waals surface area contributed by atoms with Gasteiger partial charge in [-0.15, -0.1) is 0 Å². The average Bonchev–Trinajstić information content (AvgIpc) is 2.80. The SMILES string of the molecule is CC1(C)Oc2cc3oc4ccccc4c3cc2[C@H](O)[C@@H]1O. The van der Waals surface area contributed by atoms with Gasteiger partial charge in [-0.2, -0.15) is 0 Å². The van der Waals surface area contributed by atoms with Crippen molar-refractivity contribution in [1.82, 2.24) is 0 Å². The molecule has 0 saturated heterocycles. The number of para-hydroxylation sites is 1. The summed E-state index contributed by atoms with van der Waals surface area (Å²) in [6, 6.07) is 11.4. The minimum Gasteiger partial charge on any atom is -0.485 e. The second-order valence-electron chi connectivity index (χ2n) is 6.08. The van der Waals surface area contributed by atoms with E-state index < -0.39 is 17.8 Å². The maximum Gasteiger partial charge on any atom is 0.139 e. The first-order valence-corrected chi connectivity index (χ1v) is 6.98. The molecule has 2 atom stereocenters. The maximum absolute atomic E-state index is 10.4. The Bertz CT molecular complexity index is 846. The Morgan fingerprint density at radius 1 is 1.00 bits per heavy atom. The van der Waals surface area contributed by atoms with Crippen molar-refractivity contribution in [1.29, 1.82) is 0 Å². The Morgan fingerprint density at radius 3 is 2.57 bits per heavy atom. The fourth-order valence-electron chi connectivity index (χ4n) is 2.98. The number of benzene rings is 2. The molecule has 0 fully saturated rings. The number of hydrogen-bond donors (Lipinski definition) is 2. The third-order valence-corrected chi connectivity index (χ3v) is 4.21. The lowest BCUT2D eigenvalue weighted by Crippen LogP contribution is -2.48. The van der Waals surface area contributed by atoms with Crippen molar-refractivity contribution >= 4 is 21.9 Å². The summed E-state index contributed by atoms with van der Waals surface area (Å²) in [5, 5.41) is 22.5. The predicted molar refractivity (Wildman–Crippen MR) is 79.4 cm³/mol. The highest BCUT2D eigenvalue weighted by atomic mass is 16.5. The number of fused-ring (bicyclic) bond motifs is 4. The number of aliphatic hydroxyl groups excluding tert-OH is 2. The predicted octanol–water partition coefficient (Wildman–Crippen LogP) is 3.15. The van der Waals surface area contributed by atoms with E-state index in [2.05, 4.69) is 0 Å². The van der Waals surface area contributed by atoms with E-state index in [1.54, 1.807) is 19.9 Å². The molecule has 2 aromatic carbocycles. The van der Waals surface area contributed by atoms with Crippen molar-refractivity contribution in [2.75, 3.05) is 0 Å². The van der Waals surface area contributed by atoms with Gasteiger partial charge in [-0.1, -0.05) is 18.2 Å². The van der Waals surface area contributed by atoms with E-state index in [1.165, 1.54) is 0 Å². The van der Waals surface area contributed by atoms with Crippen LogP contribution in [0.2, 0.25) is 0 Å². The Labute approximate surface area is 121 Å². The third-order valence-electron chi connectivity index (χ3n) is 4.21. The van der Waals surface area contributed by atoms with Crippen LogP contribution >= 0.6 is 0 Å². The Morgan fingerprint density at radius 2 is 1.76 bits per heavy atom.